The Morgan fingerprint density at radius 1 is 0.939 bits per heavy atom. The molecule has 0 aromatic heterocycles. The first-order valence-electron chi connectivity index (χ1n) is 13.9. The van der Waals surface area contributed by atoms with E-state index in [0.717, 1.165) is 64.4 Å². The summed E-state index contributed by atoms with van der Waals surface area (Å²) in [5, 5.41) is 20.2. The molecule has 1 heterocycles. The van der Waals surface area contributed by atoms with Crippen molar-refractivity contribution in [1.82, 2.24) is 0 Å². The lowest BCUT2D eigenvalue weighted by atomic mass is 9.95. The third kappa shape index (κ3) is 16.4. The number of hydrogen-bond acceptors (Lipinski definition) is 4. The Morgan fingerprint density at radius 3 is 2.12 bits per heavy atom. The standard InChI is InChI=1S/C28H52O5/c1-3-5-7-9-10-11-12-13-15-19-25(33-28-20-16-17-21-32-28)23-26(29)24(22-27(30)31)18-14-8-6-4-2/h22,25-26,28-29H,3-21,23H2,1-2H3,(H,30,31). The normalized spacial score (nSPS) is 18.9. The Hall–Kier alpha value is -0.910. The van der Waals surface area contributed by atoms with Crippen molar-refractivity contribution < 1.29 is 24.5 Å². The van der Waals surface area contributed by atoms with E-state index in [4.69, 9.17) is 9.47 Å². The van der Waals surface area contributed by atoms with Gasteiger partial charge in [0.15, 0.2) is 6.29 Å². The molecule has 1 rings (SSSR count). The second-order valence-electron chi connectivity index (χ2n) is 9.79. The largest absolute Gasteiger partial charge is 0.478 e. The minimum atomic E-state index is -0.980. The summed E-state index contributed by atoms with van der Waals surface area (Å²) in [6.07, 6.45) is 21.0. The zero-order valence-electron chi connectivity index (χ0n) is 21.6. The SMILES string of the molecule is CCCCCCCCCCCC(CC(O)C(=CC(=O)O)CCCCCC)OC1CCCCO1. The number of aliphatic carboxylic acids is 1. The molecule has 0 amide bonds. The van der Waals surface area contributed by atoms with Crippen molar-refractivity contribution in [2.24, 2.45) is 0 Å². The second-order valence-corrected chi connectivity index (χ2v) is 9.79. The maximum Gasteiger partial charge on any atom is 0.328 e. The molecule has 1 aliphatic rings. The molecule has 1 aliphatic heterocycles. The molecule has 0 radical (unpaired) electrons. The topological polar surface area (TPSA) is 76.0 Å². The van der Waals surface area contributed by atoms with Crippen LogP contribution in [-0.4, -0.2) is 41.3 Å². The Bertz CT molecular complexity index is 499. The van der Waals surface area contributed by atoms with Crippen molar-refractivity contribution in [3.05, 3.63) is 11.6 Å². The first kappa shape index (κ1) is 30.1. The molecule has 0 aliphatic carbocycles. The maximum absolute atomic E-state index is 11.3. The van der Waals surface area contributed by atoms with E-state index in [-0.39, 0.29) is 12.4 Å². The van der Waals surface area contributed by atoms with Crippen LogP contribution in [0, 0.1) is 0 Å². The molecule has 3 atom stereocenters. The van der Waals surface area contributed by atoms with Crippen LogP contribution in [0.3, 0.4) is 0 Å². The van der Waals surface area contributed by atoms with E-state index in [0.29, 0.717) is 18.4 Å². The van der Waals surface area contributed by atoms with Gasteiger partial charge in [-0.1, -0.05) is 90.9 Å². The summed E-state index contributed by atoms with van der Waals surface area (Å²) in [7, 11) is 0. The molecule has 0 aromatic rings. The molecule has 2 N–H and O–H groups in total. The van der Waals surface area contributed by atoms with Crippen molar-refractivity contribution in [3.63, 3.8) is 0 Å². The highest BCUT2D eigenvalue weighted by Gasteiger charge is 2.24. The first-order valence-corrected chi connectivity index (χ1v) is 13.9. The van der Waals surface area contributed by atoms with Crippen LogP contribution in [0.1, 0.15) is 136 Å². The Morgan fingerprint density at radius 2 is 1.55 bits per heavy atom. The van der Waals surface area contributed by atoms with Gasteiger partial charge in [-0.2, -0.15) is 0 Å². The lowest BCUT2D eigenvalue weighted by Gasteiger charge is -2.29. The number of aliphatic hydroxyl groups is 1. The third-order valence-corrected chi connectivity index (χ3v) is 6.65. The summed E-state index contributed by atoms with van der Waals surface area (Å²) in [5.74, 6) is -0.980. The predicted octanol–water partition coefficient (Wildman–Crippen LogP) is 7.55. The number of carbonyl (C=O) groups is 1. The van der Waals surface area contributed by atoms with E-state index >= 15 is 0 Å². The molecule has 0 spiro atoms. The highest BCUT2D eigenvalue weighted by molar-refractivity contribution is 5.80. The van der Waals surface area contributed by atoms with Crippen molar-refractivity contribution in [2.45, 2.75) is 154 Å². The van der Waals surface area contributed by atoms with E-state index in [1.165, 1.54) is 57.4 Å². The lowest BCUT2D eigenvalue weighted by molar-refractivity contribution is -0.193. The molecule has 33 heavy (non-hydrogen) atoms. The molecular formula is C28H52O5. The van der Waals surface area contributed by atoms with E-state index in [1.54, 1.807) is 0 Å². The van der Waals surface area contributed by atoms with Gasteiger partial charge < -0.3 is 19.7 Å². The summed E-state index contributed by atoms with van der Waals surface area (Å²) in [6, 6.07) is 0. The van der Waals surface area contributed by atoms with Gasteiger partial charge in [-0.3, -0.25) is 0 Å². The van der Waals surface area contributed by atoms with Gasteiger partial charge in [0.2, 0.25) is 0 Å². The number of aliphatic hydroxyl groups excluding tert-OH is 1. The van der Waals surface area contributed by atoms with Crippen LogP contribution in [0.5, 0.6) is 0 Å². The zero-order chi connectivity index (χ0) is 24.2. The molecule has 0 saturated carbocycles. The van der Waals surface area contributed by atoms with E-state index < -0.39 is 12.1 Å². The summed E-state index contributed by atoms with van der Waals surface area (Å²) in [6.45, 7) is 5.14. The van der Waals surface area contributed by atoms with Gasteiger partial charge >= 0.3 is 5.97 Å². The maximum atomic E-state index is 11.3. The van der Waals surface area contributed by atoms with Crippen molar-refractivity contribution in [3.8, 4) is 0 Å². The molecule has 3 unspecified atom stereocenters. The monoisotopic (exact) mass is 468 g/mol. The average molecular weight is 469 g/mol. The number of hydrogen-bond donors (Lipinski definition) is 2. The minimum absolute atomic E-state index is 0.0968. The highest BCUT2D eigenvalue weighted by Crippen LogP contribution is 2.24. The number of carboxylic acid groups (broad SMARTS) is 1. The highest BCUT2D eigenvalue weighted by atomic mass is 16.7. The van der Waals surface area contributed by atoms with Crippen LogP contribution < -0.4 is 0 Å². The molecule has 1 saturated heterocycles. The molecule has 0 bridgehead atoms. The van der Waals surface area contributed by atoms with Crippen LogP contribution in [0.4, 0.5) is 0 Å². The molecular weight excluding hydrogens is 416 g/mol. The van der Waals surface area contributed by atoms with Gasteiger partial charge in [-0.15, -0.1) is 0 Å². The smallest absolute Gasteiger partial charge is 0.328 e. The second kappa shape index (κ2) is 20.5. The summed E-state index contributed by atoms with van der Waals surface area (Å²) < 4.78 is 12.1. The lowest BCUT2D eigenvalue weighted by Crippen LogP contribution is -2.31. The van der Waals surface area contributed by atoms with Gasteiger partial charge in [-0.05, 0) is 44.1 Å². The number of ether oxygens (including phenoxy) is 2. The van der Waals surface area contributed by atoms with Gasteiger partial charge in [0, 0.05) is 19.1 Å². The minimum Gasteiger partial charge on any atom is -0.478 e. The Balaban J connectivity index is 2.52. The van der Waals surface area contributed by atoms with Crippen LogP contribution >= 0.6 is 0 Å². The number of rotatable bonds is 21. The van der Waals surface area contributed by atoms with E-state index in [9.17, 15) is 15.0 Å². The zero-order valence-corrected chi connectivity index (χ0v) is 21.6. The van der Waals surface area contributed by atoms with Crippen molar-refractivity contribution in [1.29, 1.82) is 0 Å². The van der Waals surface area contributed by atoms with Crippen LogP contribution in [0.2, 0.25) is 0 Å². The van der Waals surface area contributed by atoms with Crippen LogP contribution in [0.25, 0.3) is 0 Å². The van der Waals surface area contributed by atoms with Gasteiger partial charge in [-0.25, -0.2) is 4.79 Å². The number of carboxylic acids is 1. The van der Waals surface area contributed by atoms with Gasteiger partial charge in [0.05, 0.1) is 12.2 Å². The van der Waals surface area contributed by atoms with Crippen LogP contribution in [0.15, 0.2) is 11.6 Å². The fraction of sp³-hybridized carbons (Fsp3) is 0.893. The first-order chi connectivity index (χ1) is 16.1. The molecule has 0 aromatic carbocycles. The molecule has 5 nitrogen and oxygen atoms in total. The van der Waals surface area contributed by atoms with Crippen molar-refractivity contribution >= 4 is 5.97 Å². The van der Waals surface area contributed by atoms with E-state index in [1.807, 2.05) is 0 Å². The number of unbranched alkanes of at least 4 members (excludes halogenated alkanes) is 11. The Labute approximate surface area is 203 Å². The van der Waals surface area contributed by atoms with Gasteiger partial charge in [0.25, 0.3) is 0 Å². The van der Waals surface area contributed by atoms with Crippen LogP contribution in [-0.2, 0) is 14.3 Å². The third-order valence-electron chi connectivity index (χ3n) is 6.65. The summed E-state index contributed by atoms with van der Waals surface area (Å²) in [4.78, 5) is 11.3. The molecule has 5 heteroatoms. The quantitative estimate of drug-likeness (QED) is 0.134. The van der Waals surface area contributed by atoms with Crippen molar-refractivity contribution in [2.75, 3.05) is 6.61 Å². The Kier molecular flexibility index (Phi) is 18.7. The fourth-order valence-corrected chi connectivity index (χ4v) is 4.61. The average Bonchev–Trinajstić information content (AvgIpc) is 2.80. The predicted molar refractivity (Wildman–Crippen MR) is 135 cm³/mol. The fourth-order valence-electron chi connectivity index (χ4n) is 4.61. The summed E-state index contributed by atoms with van der Waals surface area (Å²) >= 11 is 0. The van der Waals surface area contributed by atoms with Gasteiger partial charge in [0.1, 0.15) is 0 Å². The molecule has 194 valence electrons. The molecule has 1 fully saturated rings. The van der Waals surface area contributed by atoms with E-state index in [2.05, 4.69) is 13.8 Å². The summed E-state index contributed by atoms with van der Waals surface area (Å²) in [5.41, 5.74) is 0.629.